The zero-order valence-electron chi connectivity index (χ0n) is 16.5. The SMILES string of the molecule is CCC(CC)(CN)C(=O)NC(C)c1ccc(OCC(C)C)c(OC)c1. The number of hydrogen-bond acceptors (Lipinski definition) is 4. The van der Waals surface area contributed by atoms with Gasteiger partial charge >= 0.3 is 0 Å². The second-order valence-electron chi connectivity index (χ2n) is 7.00. The van der Waals surface area contributed by atoms with Gasteiger partial charge in [0.15, 0.2) is 11.5 Å². The molecule has 3 N–H and O–H groups in total. The van der Waals surface area contributed by atoms with Gasteiger partial charge in [0.25, 0.3) is 0 Å². The van der Waals surface area contributed by atoms with Gasteiger partial charge in [-0.15, -0.1) is 0 Å². The monoisotopic (exact) mass is 350 g/mol. The van der Waals surface area contributed by atoms with E-state index in [4.69, 9.17) is 15.2 Å². The molecule has 0 radical (unpaired) electrons. The third-order valence-corrected chi connectivity index (χ3v) is 4.83. The van der Waals surface area contributed by atoms with Crippen molar-refractivity contribution in [3.8, 4) is 11.5 Å². The predicted molar refractivity (Wildman–Crippen MR) is 102 cm³/mol. The normalized spacial score (nSPS) is 12.8. The summed E-state index contributed by atoms with van der Waals surface area (Å²) in [6.45, 7) is 11.2. The highest BCUT2D eigenvalue weighted by molar-refractivity contribution is 5.83. The molecule has 5 nitrogen and oxygen atoms in total. The minimum Gasteiger partial charge on any atom is -0.493 e. The minimum absolute atomic E-state index is 0.00611. The number of rotatable bonds is 10. The van der Waals surface area contributed by atoms with E-state index in [1.807, 2.05) is 39.0 Å². The molecule has 0 saturated heterocycles. The molecule has 1 aromatic carbocycles. The Bertz CT molecular complexity index is 546. The molecule has 0 saturated carbocycles. The van der Waals surface area contributed by atoms with E-state index < -0.39 is 5.41 Å². The van der Waals surface area contributed by atoms with Gasteiger partial charge in [-0.3, -0.25) is 4.79 Å². The Kier molecular flexibility index (Phi) is 8.23. The van der Waals surface area contributed by atoms with Gasteiger partial charge in [-0.05, 0) is 43.4 Å². The molecule has 1 rings (SSSR count). The van der Waals surface area contributed by atoms with Gasteiger partial charge in [-0.2, -0.15) is 0 Å². The lowest BCUT2D eigenvalue weighted by Gasteiger charge is -2.30. The first kappa shape index (κ1) is 21.3. The summed E-state index contributed by atoms with van der Waals surface area (Å²) in [6.07, 6.45) is 1.45. The lowest BCUT2D eigenvalue weighted by molar-refractivity contribution is -0.131. The molecule has 142 valence electrons. The number of hydrogen-bond donors (Lipinski definition) is 2. The van der Waals surface area contributed by atoms with Gasteiger partial charge in [0.2, 0.25) is 5.91 Å². The van der Waals surface area contributed by atoms with Crippen LogP contribution in [0.25, 0.3) is 0 Å². The second kappa shape index (κ2) is 9.66. The summed E-state index contributed by atoms with van der Waals surface area (Å²) >= 11 is 0. The molecule has 1 aromatic rings. The van der Waals surface area contributed by atoms with Gasteiger partial charge in [0, 0.05) is 6.54 Å². The van der Waals surface area contributed by atoms with Crippen LogP contribution in [0.1, 0.15) is 59.1 Å². The largest absolute Gasteiger partial charge is 0.493 e. The van der Waals surface area contributed by atoms with Gasteiger partial charge in [0.1, 0.15) is 0 Å². The average Bonchev–Trinajstić information content (AvgIpc) is 2.61. The topological polar surface area (TPSA) is 73.6 Å². The molecule has 1 atom stereocenters. The van der Waals surface area contributed by atoms with Crippen LogP contribution >= 0.6 is 0 Å². The number of methoxy groups -OCH3 is 1. The van der Waals surface area contributed by atoms with Crippen molar-refractivity contribution in [1.29, 1.82) is 0 Å². The summed E-state index contributed by atoms with van der Waals surface area (Å²) in [5, 5.41) is 3.10. The van der Waals surface area contributed by atoms with E-state index in [0.29, 0.717) is 24.8 Å². The Hall–Kier alpha value is -1.75. The maximum Gasteiger partial charge on any atom is 0.227 e. The Morgan fingerprint density at radius 1 is 1.20 bits per heavy atom. The van der Waals surface area contributed by atoms with Crippen molar-refractivity contribution in [3.63, 3.8) is 0 Å². The molecular weight excluding hydrogens is 316 g/mol. The molecule has 0 aromatic heterocycles. The van der Waals surface area contributed by atoms with Crippen LogP contribution in [-0.4, -0.2) is 26.2 Å². The smallest absolute Gasteiger partial charge is 0.227 e. The van der Waals surface area contributed by atoms with Gasteiger partial charge in [-0.1, -0.05) is 33.8 Å². The molecule has 0 bridgehead atoms. The van der Waals surface area contributed by atoms with E-state index in [9.17, 15) is 4.79 Å². The highest BCUT2D eigenvalue weighted by Crippen LogP contribution is 2.32. The molecule has 25 heavy (non-hydrogen) atoms. The van der Waals surface area contributed by atoms with Crippen molar-refractivity contribution in [1.82, 2.24) is 5.32 Å². The first-order valence-electron chi connectivity index (χ1n) is 9.15. The van der Waals surface area contributed by atoms with Crippen molar-refractivity contribution < 1.29 is 14.3 Å². The Morgan fingerprint density at radius 2 is 1.84 bits per heavy atom. The fourth-order valence-corrected chi connectivity index (χ4v) is 2.71. The fraction of sp³-hybridized carbons (Fsp3) is 0.650. The van der Waals surface area contributed by atoms with Crippen molar-refractivity contribution in [2.75, 3.05) is 20.3 Å². The zero-order valence-corrected chi connectivity index (χ0v) is 16.5. The maximum atomic E-state index is 12.7. The van der Waals surface area contributed by atoms with E-state index in [1.165, 1.54) is 0 Å². The maximum absolute atomic E-state index is 12.7. The summed E-state index contributed by atoms with van der Waals surface area (Å²) < 4.78 is 11.2. The third-order valence-electron chi connectivity index (χ3n) is 4.83. The van der Waals surface area contributed by atoms with Crippen LogP contribution in [0.15, 0.2) is 18.2 Å². The standard InChI is InChI=1S/C20H34N2O3/c1-7-20(8-2,13-21)19(23)22-15(5)16-9-10-17(18(11-16)24-6)25-12-14(3)4/h9-11,14-15H,7-8,12-13,21H2,1-6H3,(H,22,23). The first-order valence-corrected chi connectivity index (χ1v) is 9.15. The van der Waals surface area contributed by atoms with Gasteiger partial charge in [-0.25, -0.2) is 0 Å². The van der Waals surface area contributed by atoms with Crippen LogP contribution in [0.3, 0.4) is 0 Å². The Labute approximate surface area is 152 Å². The molecule has 1 unspecified atom stereocenters. The fourth-order valence-electron chi connectivity index (χ4n) is 2.71. The summed E-state index contributed by atoms with van der Waals surface area (Å²) in [6, 6.07) is 5.65. The zero-order chi connectivity index (χ0) is 19.0. The van der Waals surface area contributed by atoms with E-state index in [1.54, 1.807) is 7.11 Å². The van der Waals surface area contributed by atoms with Crippen molar-refractivity contribution in [2.45, 2.75) is 53.5 Å². The summed E-state index contributed by atoms with van der Waals surface area (Å²) in [4.78, 5) is 12.7. The molecule has 0 heterocycles. The highest BCUT2D eigenvalue weighted by Gasteiger charge is 2.34. The molecule has 1 amide bonds. The highest BCUT2D eigenvalue weighted by atomic mass is 16.5. The molecule has 0 spiro atoms. The van der Waals surface area contributed by atoms with Crippen LogP contribution in [0.5, 0.6) is 11.5 Å². The Morgan fingerprint density at radius 3 is 2.32 bits per heavy atom. The molecule has 0 aliphatic rings. The van der Waals surface area contributed by atoms with Crippen LogP contribution in [0.2, 0.25) is 0 Å². The van der Waals surface area contributed by atoms with E-state index in [2.05, 4.69) is 19.2 Å². The number of ether oxygens (including phenoxy) is 2. The number of carbonyl (C=O) groups is 1. The van der Waals surface area contributed by atoms with Crippen molar-refractivity contribution in [2.24, 2.45) is 17.1 Å². The lowest BCUT2D eigenvalue weighted by atomic mass is 9.81. The quantitative estimate of drug-likeness (QED) is 0.675. The van der Waals surface area contributed by atoms with Crippen molar-refractivity contribution >= 4 is 5.91 Å². The number of carbonyl (C=O) groups excluding carboxylic acids is 1. The van der Waals surface area contributed by atoms with Crippen molar-refractivity contribution in [3.05, 3.63) is 23.8 Å². The Balaban J connectivity index is 2.91. The van der Waals surface area contributed by atoms with Crippen LogP contribution < -0.4 is 20.5 Å². The predicted octanol–water partition coefficient (Wildman–Crippen LogP) is 3.67. The summed E-state index contributed by atoms with van der Waals surface area (Å²) in [7, 11) is 1.62. The van der Waals surface area contributed by atoms with Crippen LogP contribution in [-0.2, 0) is 4.79 Å². The van der Waals surface area contributed by atoms with Gasteiger partial charge in [0.05, 0.1) is 25.2 Å². The number of amides is 1. The van der Waals surface area contributed by atoms with E-state index >= 15 is 0 Å². The summed E-state index contributed by atoms with van der Waals surface area (Å²) in [5.74, 6) is 1.84. The molecule has 5 heteroatoms. The summed E-state index contributed by atoms with van der Waals surface area (Å²) in [5.41, 5.74) is 6.34. The van der Waals surface area contributed by atoms with E-state index in [0.717, 1.165) is 24.2 Å². The molecule has 0 aliphatic heterocycles. The third kappa shape index (κ3) is 5.36. The van der Waals surface area contributed by atoms with Crippen LogP contribution in [0, 0.1) is 11.3 Å². The number of nitrogens with two attached hydrogens (primary N) is 1. The molecular formula is C20H34N2O3. The van der Waals surface area contributed by atoms with Crippen LogP contribution in [0.4, 0.5) is 0 Å². The first-order chi connectivity index (χ1) is 11.8. The lowest BCUT2D eigenvalue weighted by Crippen LogP contribution is -2.46. The molecule has 0 aliphatic carbocycles. The van der Waals surface area contributed by atoms with Gasteiger partial charge < -0.3 is 20.5 Å². The minimum atomic E-state index is -0.501. The second-order valence-corrected chi connectivity index (χ2v) is 7.00. The van der Waals surface area contributed by atoms with E-state index in [-0.39, 0.29) is 11.9 Å². The average molecular weight is 351 g/mol. The molecule has 0 fully saturated rings. The number of nitrogens with one attached hydrogen (secondary N) is 1. The number of benzene rings is 1.